The number of benzene rings is 2. The van der Waals surface area contributed by atoms with E-state index in [2.05, 4.69) is 0 Å². The summed E-state index contributed by atoms with van der Waals surface area (Å²) in [6, 6.07) is 11.6. The number of nitrogens with two attached hydrogens (primary N) is 1. The van der Waals surface area contributed by atoms with Crippen molar-refractivity contribution < 1.29 is 13.9 Å². The summed E-state index contributed by atoms with van der Waals surface area (Å²) < 4.78 is 23.7. The summed E-state index contributed by atoms with van der Waals surface area (Å²) in [5, 5.41) is 0. The Morgan fingerprint density at radius 3 is 2.20 bits per heavy atom. The van der Waals surface area contributed by atoms with Gasteiger partial charge in [-0.2, -0.15) is 0 Å². The molecule has 2 aromatic rings. The SMILES string of the molecule is COc1ccc(OC)c(C(C)(N)c2ccc(F)cc2)c1. The molecule has 2 rings (SSSR count). The van der Waals surface area contributed by atoms with Gasteiger partial charge in [0.25, 0.3) is 0 Å². The van der Waals surface area contributed by atoms with Crippen LogP contribution in [0.1, 0.15) is 18.1 Å². The van der Waals surface area contributed by atoms with Crippen LogP contribution in [0.25, 0.3) is 0 Å². The van der Waals surface area contributed by atoms with Gasteiger partial charge in [-0.3, -0.25) is 0 Å². The molecule has 106 valence electrons. The van der Waals surface area contributed by atoms with Crippen molar-refractivity contribution in [3.63, 3.8) is 0 Å². The zero-order valence-corrected chi connectivity index (χ0v) is 11.8. The molecule has 2 N–H and O–H groups in total. The van der Waals surface area contributed by atoms with Gasteiger partial charge in [-0.1, -0.05) is 12.1 Å². The van der Waals surface area contributed by atoms with Crippen molar-refractivity contribution >= 4 is 0 Å². The molecule has 20 heavy (non-hydrogen) atoms. The minimum Gasteiger partial charge on any atom is -0.497 e. The van der Waals surface area contributed by atoms with E-state index in [1.54, 1.807) is 26.4 Å². The first-order valence-corrected chi connectivity index (χ1v) is 6.26. The summed E-state index contributed by atoms with van der Waals surface area (Å²) in [5.74, 6) is 1.07. The molecule has 0 aliphatic heterocycles. The predicted octanol–water partition coefficient (Wildman–Crippen LogP) is 3.07. The van der Waals surface area contributed by atoms with Gasteiger partial charge in [0.15, 0.2) is 0 Å². The number of hydrogen-bond acceptors (Lipinski definition) is 3. The fraction of sp³-hybridized carbons (Fsp3) is 0.250. The summed E-state index contributed by atoms with van der Waals surface area (Å²) in [6.07, 6.45) is 0. The molecule has 4 heteroatoms. The summed E-state index contributed by atoms with van der Waals surface area (Å²) in [4.78, 5) is 0. The van der Waals surface area contributed by atoms with Crippen LogP contribution in [0.2, 0.25) is 0 Å². The molecule has 0 bridgehead atoms. The van der Waals surface area contributed by atoms with Crippen LogP contribution >= 0.6 is 0 Å². The lowest BCUT2D eigenvalue weighted by Gasteiger charge is -2.28. The van der Waals surface area contributed by atoms with Gasteiger partial charge in [-0.15, -0.1) is 0 Å². The van der Waals surface area contributed by atoms with Crippen LogP contribution in [0.4, 0.5) is 4.39 Å². The normalized spacial score (nSPS) is 13.7. The molecule has 0 aliphatic carbocycles. The maximum Gasteiger partial charge on any atom is 0.124 e. The van der Waals surface area contributed by atoms with Crippen LogP contribution in [0.15, 0.2) is 42.5 Å². The Bertz CT molecular complexity index is 594. The lowest BCUT2D eigenvalue weighted by Crippen LogP contribution is -2.34. The molecular formula is C16H18FNO2. The van der Waals surface area contributed by atoms with Gasteiger partial charge in [0.2, 0.25) is 0 Å². The monoisotopic (exact) mass is 275 g/mol. The Morgan fingerprint density at radius 2 is 1.65 bits per heavy atom. The third-order valence-corrected chi connectivity index (χ3v) is 3.41. The largest absolute Gasteiger partial charge is 0.497 e. The zero-order valence-electron chi connectivity index (χ0n) is 11.8. The van der Waals surface area contributed by atoms with Crippen molar-refractivity contribution in [1.29, 1.82) is 0 Å². The average molecular weight is 275 g/mol. The third kappa shape index (κ3) is 2.60. The molecule has 0 spiro atoms. The standard InChI is InChI=1S/C16H18FNO2/c1-16(18,11-4-6-12(17)7-5-11)14-10-13(19-2)8-9-15(14)20-3/h4-10H,18H2,1-3H3. The Morgan fingerprint density at radius 1 is 1.00 bits per heavy atom. The Labute approximate surface area is 118 Å². The summed E-state index contributed by atoms with van der Waals surface area (Å²) >= 11 is 0. The molecule has 1 unspecified atom stereocenters. The quantitative estimate of drug-likeness (QED) is 0.932. The van der Waals surface area contributed by atoms with E-state index < -0.39 is 5.54 Å². The molecular weight excluding hydrogens is 257 g/mol. The molecule has 0 heterocycles. The molecule has 0 saturated carbocycles. The minimum absolute atomic E-state index is 0.290. The van der Waals surface area contributed by atoms with E-state index in [9.17, 15) is 4.39 Å². The first-order valence-electron chi connectivity index (χ1n) is 6.26. The highest BCUT2D eigenvalue weighted by atomic mass is 19.1. The van der Waals surface area contributed by atoms with Crippen LogP contribution in [0.3, 0.4) is 0 Å². The fourth-order valence-electron chi connectivity index (χ4n) is 2.17. The Hall–Kier alpha value is -2.07. The Balaban J connectivity index is 2.54. The van der Waals surface area contributed by atoms with E-state index in [0.29, 0.717) is 11.5 Å². The van der Waals surface area contributed by atoms with Crippen molar-refractivity contribution in [1.82, 2.24) is 0 Å². The molecule has 0 fully saturated rings. The number of rotatable bonds is 4. The van der Waals surface area contributed by atoms with Crippen LogP contribution in [-0.4, -0.2) is 14.2 Å². The lowest BCUT2D eigenvalue weighted by molar-refractivity contribution is 0.389. The molecule has 0 aliphatic rings. The fourth-order valence-corrected chi connectivity index (χ4v) is 2.17. The third-order valence-electron chi connectivity index (χ3n) is 3.41. The van der Waals surface area contributed by atoms with E-state index >= 15 is 0 Å². The number of ether oxygens (including phenoxy) is 2. The van der Waals surface area contributed by atoms with Gasteiger partial charge in [0, 0.05) is 5.56 Å². The number of halogens is 1. The van der Waals surface area contributed by atoms with Gasteiger partial charge in [0.1, 0.15) is 17.3 Å². The maximum absolute atomic E-state index is 13.1. The van der Waals surface area contributed by atoms with Crippen LogP contribution in [-0.2, 0) is 5.54 Å². The average Bonchev–Trinajstić information content (AvgIpc) is 2.47. The molecule has 2 aromatic carbocycles. The van der Waals surface area contributed by atoms with Gasteiger partial charge in [-0.05, 0) is 42.8 Å². The first-order chi connectivity index (χ1) is 9.48. The second-order valence-corrected chi connectivity index (χ2v) is 4.78. The Kier molecular flexibility index (Phi) is 3.95. The van der Waals surface area contributed by atoms with Crippen molar-refractivity contribution in [3.8, 4) is 11.5 Å². The maximum atomic E-state index is 13.1. The highest BCUT2D eigenvalue weighted by Crippen LogP contribution is 2.35. The van der Waals surface area contributed by atoms with E-state index in [0.717, 1.165) is 11.1 Å². The van der Waals surface area contributed by atoms with Gasteiger partial charge in [0.05, 0.1) is 19.8 Å². The topological polar surface area (TPSA) is 44.5 Å². The summed E-state index contributed by atoms with van der Waals surface area (Å²) in [7, 11) is 3.18. The van der Waals surface area contributed by atoms with Gasteiger partial charge < -0.3 is 15.2 Å². The second-order valence-electron chi connectivity index (χ2n) is 4.78. The number of methoxy groups -OCH3 is 2. The molecule has 0 saturated heterocycles. The highest BCUT2D eigenvalue weighted by molar-refractivity contribution is 5.49. The summed E-state index contributed by atoms with van der Waals surface area (Å²) in [6.45, 7) is 1.86. The van der Waals surface area contributed by atoms with Crippen LogP contribution < -0.4 is 15.2 Å². The van der Waals surface area contributed by atoms with Crippen molar-refractivity contribution in [2.45, 2.75) is 12.5 Å². The molecule has 3 nitrogen and oxygen atoms in total. The molecule has 1 atom stereocenters. The van der Waals surface area contributed by atoms with Crippen molar-refractivity contribution in [2.24, 2.45) is 5.73 Å². The number of hydrogen-bond donors (Lipinski definition) is 1. The highest BCUT2D eigenvalue weighted by Gasteiger charge is 2.27. The van der Waals surface area contributed by atoms with Gasteiger partial charge >= 0.3 is 0 Å². The molecule has 0 aromatic heterocycles. The lowest BCUT2D eigenvalue weighted by atomic mass is 9.85. The summed E-state index contributed by atoms with van der Waals surface area (Å²) in [5.41, 5.74) is 7.22. The van der Waals surface area contributed by atoms with Crippen molar-refractivity contribution in [2.75, 3.05) is 14.2 Å². The van der Waals surface area contributed by atoms with Crippen LogP contribution in [0.5, 0.6) is 11.5 Å². The molecule has 0 amide bonds. The molecule has 0 radical (unpaired) electrons. The smallest absolute Gasteiger partial charge is 0.124 e. The van der Waals surface area contributed by atoms with Crippen molar-refractivity contribution in [3.05, 3.63) is 59.4 Å². The van der Waals surface area contributed by atoms with E-state index in [-0.39, 0.29) is 5.82 Å². The van der Waals surface area contributed by atoms with E-state index in [1.807, 2.05) is 25.1 Å². The van der Waals surface area contributed by atoms with Gasteiger partial charge in [-0.25, -0.2) is 4.39 Å². The zero-order chi connectivity index (χ0) is 14.8. The van der Waals surface area contributed by atoms with E-state index in [4.69, 9.17) is 15.2 Å². The minimum atomic E-state index is -0.812. The van der Waals surface area contributed by atoms with E-state index in [1.165, 1.54) is 12.1 Å². The predicted molar refractivity (Wildman–Crippen MR) is 76.6 cm³/mol. The van der Waals surface area contributed by atoms with Crippen LogP contribution in [0, 0.1) is 5.82 Å². The first kappa shape index (κ1) is 14.3. The second kappa shape index (κ2) is 5.51.